The van der Waals surface area contributed by atoms with E-state index < -0.39 is 0 Å². The number of hydrogen-bond acceptors (Lipinski definition) is 2. The summed E-state index contributed by atoms with van der Waals surface area (Å²) in [6, 6.07) is 19.5. The molecule has 1 amide bonds. The van der Waals surface area contributed by atoms with Gasteiger partial charge in [-0.15, -0.1) is 0 Å². The highest BCUT2D eigenvalue weighted by molar-refractivity contribution is 5.80. The SMILES string of the molecule is NC(=O)[C@H](Cc1ccccc1)NCc1ccccc1. The molecule has 0 bridgehead atoms. The van der Waals surface area contributed by atoms with Gasteiger partial charge in [-0.1, -0.05) is 60.7 Å². The van der Waals surface area contributed by atoms with Crippen LogP contribution in [0.25, 0.3) is 0 Å². The lowest BCUT2D eigenvalue weighted by molar-refractivity contribution is -0.120. The fraction of sp³-hybridized carbons (Fsp3) is 0.188. The van der Waals surface area contributed by atoms with Crippen molar-refractivity contribution in [3.8, 4) is 0 Å². The molecule has 3 heteroatoms. The van der Waals surface area contributed by atoms with Crippen LogP contribution in [-0.2, 0) is 17.8 Å². The summed E-state index contributed by atoms with van der Waals surface area (Å²) in [7, 11) is 0. The second-order valence-electron chi connectivity index (χ2n) is 4.51. The maximum absolute atomic E-state index is 11.5. The Balaban J connectivity index is 1.95. The third kappa shape index (κ3) is 4.23. The van der Waals surface area contributed by atoms with Crippen LogP contribution in [0.1, 0.15) is 11.1 Å². The van der Waals surface area contributed by atoms with Gasteiger partial charge in [-0.25, -0.2) is 0 Å². The Morgan fingerprint density at radius 1 is 0.947 bits per heavy atom. The van der Waals surface area contributed by atoms with Crippen LogP contribution in [0, 0.1) is 0 Å². The van der Waals surface area contributed by atoms with Gasteiger partial charge < -0.3 is 11.1 Å². The normalized spacial score (nSPS) is 12.0. The molecule has 2 rings (SSSR count). The highest BCUT2D eigenvalue weighted by atomic mass is 16.1. The monoisotopic (exact) mass is 254 g/mol. The molecule has 1 atom stereocenters. The van der Waals surface area contributed by atoms with Crippen LogP contribution in [0.3, 0.4) is 0 Å². The standard InChI is InChI=1S/C16H18N2O/c17-16(19)15(11-13-7-3-1-4-8-13)18-12-14-9-5-2-6-10-14/h1-10,15,18H,11-12H2,(H2,17,19)/t15-/m0/s1. The number of amides is 1. The number of benzene rings is 2. The van der Waals surface area contributed by atoms with Crippen molar-refractivity contribution in [2.75, 3.05) is 0 Å². The van der Waals surface area contributed by atoms with Crippen molar-refractivity contribution < 1.29 is 4.79 Å². The number of carbonyl (C=O) groups excluding carboxylic acids is 1. The summed E-state index contributed by atoms with van der Waals surface area (Å²) in [4.78, 5) is 11.5. The maximum atomic E-state index is 11.5. The molecule has 3 N–H and O–H groups in total. The van der Waals surface area contributed by atoms with Gasteiger partial charge in [0.15, 0.2) is 0 Å². The molecule has 2 aromatic carbocycles. The molecule has 3 nitrogen and oxygen atoms in total. The van der Waals surface area contributed by atoms with Gasteiger partial charge in [-0.05, 0) is 17.5 Å². The third-order valence-electron chi connectivity index (χ3n) is 3.02. The predicted molar refractivity (Wildman–Crippen MR) is 76.4 cm³/mol. The molecule has 0 fully saturated rings. The summed E-state index contributed by atoms with van der Waals surface area (Å²) in [5, 5.41) is 3.21. The van der Waals surface area contributed by atoms with Crippen LogP contribution in [0.4, 0.5) is 0 Å². The number of carbonyl (C=O) groups is 1. The van der Waals surface area contributed by atoms with Gasteiger partial charge in [-0.3, -0.25) is 4.79 Å². The van der Waals surface area contributed by atoms with Gasteiger partial charge in [0.1, 0.15) is 0 Å². The number of nitrogens with two attached hydrogens (primary N) is 1. The van der Waals surface area contributed by atoms with Crippen molar-refractivity contribution in [2.45, 2.75) is 19.0 Å². The summed E-state index contributed by atoms with van der Waals surface area (Å²) in [6.07, 6.45) is 0.614. The Labute approximate surface area is 113 Å². The number of primary amides is 1. The minimum atomic E-state index is -0.345. The van der Waals surface area contributed by atoms with E-state index in [0.717, 1.165) is 11.1 Å². The van der Waals surface area contributed by atoms with Gasteiger partial charge >= 0.3 is 0 Å². The zero-order valence-corrected chi connectivity index (χ0v) is 10.8. The van der Waals surface area contributed by atoms with Crippen molar-refractivity contribution in [1.29, 1.82) is 0 Å². The first-order chi connectivity index (χ1) is 9.25. The van der Waals surface area contributed by atoms with E-state index in [1.165, 1.54) is 0 Å². The van der Waals surface area contributed by atoms with Crippen molar-refractivity contribution in [2.24, 2.45) is 5.73 Å². The summed E-state index contributed by atoms with van der Waals surface area (Å²) in [6.45, 7) is 0.640. The van der Waals surface area contributed by atoms with Gasteiger partial charge in [0.2, 0.25) is 5.91 Å². The topological polar surface area (TPSA) is 55.1 Å². The summed E-state index contributed by atoms with van der Waals surface area (Å²) >= 11 is 0. The average molecular weight is 254 g/mol. The summed E-state index contributed by atoms with van der Waals surface area (Å²) in [5.41, 5.74) is 7.69. The highest BCUT2D eigenvalue weighted by Gasteiger charge is 2.14. The Kier molecular flexibility index (Phi) is 4.70. The van der Waals surface area contributed by atoms with Gasteiger partial charge in [0.25, 0.3) is 0 Å². The van der Waals surface area contributed by atoms with E-state index in [4.69, 9.17) is 5.73 Å². The summed E-state index contributed by atoms with van der Waals surface area (Å²) < 4.78 is 0. The lowest BCUT2D eigenvalue weighted by atomic mass is 10.1. The van der Waals surface area contributed by atoms with E-state index in [-0.39, 0.29) is 11.9 Å². The van der Waals surface area contributed by atoms with Gasteiger partial charge in [0, 0.05) is 6.54 Å². The van der Waals surface area contributed by atoms with E-state index in [1.54, 1.807) is 0 Å². The first kappa shape index (κ1) is 13.3. The molecule has 2 aromatic rings. The fourth-order valence-corrected chi connectivity index (χ4v) is 1.96. The van der Waals surface area contributed by atoms with Crippen LogP contribution >= 0.6 is 0 Å². The van der Waals surface area contributed by atoms with Crippen molar-refractivity contribution in [3.05, 3.63) is 71.8 Å². The molecular formula is C16H18N2O. The maximum Gasteiger partial charge on any atom is 0.234 e. The molecule has 0 spiro atoms. The second-order valence-corrected chi connectivity index (χ2v) is 4.51. The second kappa shape index (κ2) is 6.71. The Morgan fingerprint density at radius 3 is 2.00 bits per heavy atom. The molecular weight excluding hydrogens is 236 g/mol. The van der Waals surface area contributed by atoms with Crippen LogP contribution in [-0.4, -0.2) is 11.9 Å². The van der Waals surface area contributed by atoms with Crippen molar-refractivity contribution in [3.63, 3.8) is 0 Å². The molecule has 19 heavy (non-hydrogen) atoms. The quantitative estimate of drug-likeness (QED) is 0.827. The number of hydrogen-bond donors (Lipinski definition) is 2. The first-order valence-electron chi connectivity index (χ1n) is 6.36. The molecule has 98 valence electrons. The molecule has 0 heterocycles. The van der Waals surface area contributed by atoms with E-state index in [1.807, 2.05) is 60.7 Å². The minimum Gasteiger partial charge on any atom is -0.368 e. The van der Waals surface area contributed by atoms with Crippen LogP contribution in [0.5, 0.6) is 0 Å². The Morgan fingerprint density at radius 2 is 1.47 bits per heavy atom. The largest absolute Gasteiger partial charge is 0.368 e. The van der Waals surface area contributed by atoms with Gasteiger partial charge in [0.05, 0.1) is 6.04 Å². The van der Waals surface area contributed by atoms with Crippen molar-refractivity contribution in [1.82, 2.24) is 5.32 Å². The summed E-state index contributed by atoms with van der Waals surface area (Å²) in [5.74, 6) is -0.320. The fourth-order valence-electron chi connectivity index (χ4n) is 1.96. The smallest absolute Gasteiger partial charge is 0.234 e. The first-order valence-corrected chi connectivity index (χ1v) is 6.36. The number of rotatable bonds is 6. The molecule has 0 aromatic heterocycles. The number of nitrogens with one attached hydrogen (secondary N) is 1. The van der Waals surface area contributed by atoms with Crippen LogP contribution in [0.2, 0.25) is 0 Å². The van der Waals surface area contributed by atoms with Crippen LogP contribution < -0.4 is 11.1 Å². The Bertz CT molecular complexity index is 511. The van der Waals surface area contributed by atoms with E-state index in [2.05, 4.69) is 5.32 Å². The molecule has 0 aliphatic heterocycles. The zero-order valence-electron chi connectivity index (χ0n) is 10.8. The third-order valence-corrected chi connectivity index (χ3v) is 3.02. The molecule has 0 aliphatic rings. The van der Waals surface area contributed by atoms with Gasteiger partial charge in [-0.2, -0.15) is 0 Å². The molecule has 0 unspecified atom stereocenters. The lowest BCUT2D eigenvalue weighted by Crippen LogP contribution is -2.42. The highest BCUT2D eigenvalue weighted by Crippen LogP contribution is 2.04. The van der Waals surface area contributed by atoms with Crippen LogP contribution in [0.15, 0.2) is 60.7 Å². The zero-order chi connectivity index (χ0) is 13.5. The minimum absolute atomic E-state index is 0.320. The molecule has 0 saturated carbocycles. The molecule has 0 radical (unpaired) electrons. The van der Waals surface area contributed by atoms with E-state index >= 15 is 0 Å². The van der Waals surface area contributed by atoms with E-state index in [9.17, 15) is 4.79 Å². The average Bonchev–Trinajstić information content (AvgIpc) is 2.45. The molecule has 0 aliphatic carbocycles. The predicted octanol–water partition coefficient (Wildman–Crippen LogP) is 1.87. The lowest BCUT2D eigenvalue weighted by Gasteiger charge is -2.15. The van der Waals surface area contributed by atoms with E-state index in [0.29, 0.717) is 13.0 Å². The Hall–Kier alpha value is -2.13. The van der Waals surface area contributed by atoms with Crippen molar-refractivity contribution >= 4 is 5.91 Å². The molecule has 0 saturated heterocycles.